The topological polar surface area (TPSA) is 53.6 Å². The molecular weight excluding hydrogens is 194 g/mol. The van der Waals surface area contributed by atoms with Crippen LogP contribution < -0.4 is 10.7 Å². The van der Waals surface area contributed by atoms with Gasteiger partial charge in [0.1, 0.15) is 5.60 Å². The molecule has 0 radical (unpaired) electrons. The smallest absolute Gasteiger partial charge is 0.422 e. The number of carbonyl (C=O) groups is 1. The van der Waals surface area contributed by atoms with E-state index in [0.29, 0.717) is 6.04 Å². The molecular formula is C10H21N3O2. The van der Waals surface area contributed by atoms with Gasteiger partial charge in [-0.25, -0.2) is 9.80 Å². The van der Waals surface area contributed by atoms with Gasteiger partial charge in [-0.3, -0.25) is 5.43 Å². The number of carbonyl (C=O) groups excluding carboxylic acids is 1. The van der Waals surface area contributed by atoms with Gasteiger partial charge in [0, 0.05) is 25.7 Å². The number of hydrogen-bond donors (Lipinski definition) is 2. The summed E-state index contributed by atoms with van der Waals surface area (Å²) >= 11 is 0. The van der Waals surface area contributed by atoms with Crippen molar-refractivity contribution in [1.82, 2.24) is 15.8 Å². The summed E-state index contributed by atoms with van der Waals surface area (Å²) in [6.07, 6.45) is -0.378. The third-order valence-electron chi connectivity index (χ3n) is 2.02. The van der Waals surface area contributed by atoms with Gasteiger partial charge < -0.3 is 10.1 Å². The van der Waals surface area contributed by atoms with Crippen LogP contribution in [0, 0.1) is 0 Å². The van der Waals surface area contributed by atoms with Crippen molar-refractivity contribution in [2.24, 2.45) is 0 Å². The summed E-state index contributed by atoms with van der Waals surface area (Å²) in [4.78, 5) is 11.4. The SMILES string of the molecule is C[C@@H]1CN(NC(=O)OC(C)(C)C)CCN1. The van der Waals surface area contributed by atoms with E-state index in [4.69, 9.17) is 4.74 Å². The van der Waals surface area contributed by atoms with Crippen LogP contribution in [0.25, 0.3) is 0 Å². The molecule has 0 saturated carbocycles. The maximum absolute atomic E-state index is 11.4. The van der Waals surface area contributed by atoms with E-state index in [2.05, 4.69) is 17.7 Å². The summed E-state index contributed by atoms with van der Waals surface area (Å²) < 4.78 is 5.16. The molecule has 2 N–H and O–H groups in total. The van der Waals surface area contributed by atoms with E-state index in [9.17, 15) is 4.79 Å². The van der Waals surface area contributed by atoms with Gasteiger partial charge in [-0.1, -0.05) is 0 Å². The van der Waals surface area contributed by atoms with Gasteiger partial charge in [-0.05, 0) is 27.7 Å². The highest BCUT2D eigenvalue weighted by Crippen LogP contribution is 2.07. The number of nitrogens with one attached hydrogen (secondary N) is 2. The standard InChI is InChI=1S/C10H21N3O2/c1-8-7-13(6-5-11-8)12-9(14)15-10(2,3)4/h8,11H,5-7H2,1-4H3,(H,12,14)/t8-/m1/s1. The first-order valence-electron chi connectivity index (χ1n) is 5.35. The summed E-state index contributed by atoms with van der Waals surface area (Å²) in [7, 11) is 0. The lowest BCUT2D eigenvalue weighted by atomic mass is 10.2. The molecule has 0 aromatic rings. The van der Waals surface area contributed by atoms with Crippen molar-refractivity contribution in [2.75, 3.05) is 19.6 Å². The van der Waals surface area contributed by atoms with Crippen molar-refractivity contribution in [1.29, 1.82) is 0 Å². The first kappa shape index (κ1) is 12.3. The number of rotatable bonds is 1. The molecule has 1 heterocycles. The molecule has 0 unspecified atom stereocenters. The first-order valence-corrected chi connectivity index (χ1v) is 5.35. The lowest BCUT2D eigenvalue weighted by Crippen LogP contribution is -2.56. The Balaban J connectivity index is 2.31. The monoisotopic (exact) mass is 215 g/mol. The zero-order valence-electron chi connectivity index (χ0n) is 9.96. The fourth-order valence-electron chi connectivity index (χ4n) is 1.46. The Morgan fingerprint density at radius 2 is 2.20 bits per heavy atom. The highest BCUT2D eigenvalue weighted by Gasteiger charge is 2.21. The third kappa shape index (κ3) is 4.99. The summed E-state index contributed by atoms with van der Waals surface area (Å²) in [5, 5.41) is 5.18. The zero-order chi connectivity index (χ0) is 11.5. The summed E-state index contributed by atoms with van der Waals surface area (Å²) in [5.74, 6) is 0. The summed E-state index contributed by atoms with van der Waals surface area (Å²) in [6, 6.07) is 0.397. The molecule has 0 bridgehead atoms. The van der Waals surface area contributed by atoms with Crippen LogP contribution in [0.1, 0.15) is 27.7 Å². The lowest BCUT2D eigenvalue weighted by Gasteiger charge is -2.32. The lowest BCUT2D eigenvalue weighted by molar-refractivity contribution is 0.0285. The molecule has 0 spiro atoms. The van der Waals surface area contributed by atoms with E-state index < -0.39 is 5.60 Å². The molecule has 5 heteroatoms. The quantitative estimate of drug-likeness (QED) is 0.677. The molecule has 1 aliphatic rings. The number of piperazine rings is 1. The molecule has 0 aromatic heterocycles. The second kappa shape index (κ2) is 4.81. The molecule has 5 nitrogen and oxygen atoms in total. The van der Waals surface area contributed by atoms with Crippen LogP contribution in [0.3, 0.4) is 0 Å². The normalized spacial score (nSPS) is 23.6. The maximum Gasteiger partial charge on any atom is 0.422 e. The zero-order valence-corrected chi connectivity index (χ0v) is 9.96. The predicted octanol–water partition coefficient (Wildman–Crippen LogP) is 0.720. The molecule has 0 aliphatic carbocycles. The number of amides is 1. The number of hydrogen-bond acceptors (Lipinski definition) is 4. The Bertz CT molecular complexity index is 225. The molecule has 1 atom stereocenters. The highest BCUT2D eigenvalue weighted by atomic mass is 16.6. The molecule has 0 aromatic carbocycles. The van der Waals surface area contributed by atoms with Crippen LogP contribution in [0.5, 0.6) is 0 Å². The molecule has 1 fully saturated rings. The van der Waals surface area contributed by atoms with Crippen molar-refractivity contribution in [2.45, 2.75) is 39.3 Å². The average Bonchev–Trinajstić information content (AvgIpc) is 1.99. The molecule has 88 valence electrons. The Kier molecular flexibility index (Phi) is 3.93. The van der Waals surface area contributed by atoms with E-state index in [-0.39, 0.29) is 6.09 Å². The first-order chi connectivity index (χ1) is 6.87. The molecule has 15 heavy (non-hydrogen) atoms. The van der Waals surface area contributed by atoms with E-state index >= 15 is 0 Å². The van der Waals surface area contributed by atoms with E-state index in [1.54, 1.807) is 0 Å². The van der Waals surface area contributed by atoms with Gasteiger partial charge in [0.2, 0.25) is 0 Å². The van der Waals surface area contributed by atoms with Crippen molar-refractivity contribution < 1.29 is 9.53 Å². The Morgan fingerprint density at radius 3 is 2.73 bits per heavy atom. The van der Waals surface area contributed by atoms with Gasteiger partial charge >= 0.3 is 6.09 Å². The second-order valence-corrected chi connectivity index (χ2v) is 4.91. The Morgan fingerprint density at radius 1 is 1.53 bits per heavy atom. The van der Waals surface area contributed by atoms with Gasteiger partial charge in [0.25, 0.3) is 0 Å². The van der Waals surface area contributed by atoms with E-state index in [0.717, 1.165) is 19.6 Å². The minimum atomic E-state index is -0.441. The number of ether oxygens (including phenoxy) is 1. The number of hydrazine groups is 1. The number of nitrogens with zero attached hydrogens (tertiary/aromatic N) is 1. The van der Waals surface area contributed by atoms with Crippen LogP contribution in [0.2, 0.25) is 0 Å². The maximum atomic E-state index is 11.4. The van der Waals surface area contributed by atoms with Gasteiger partial charge in [0.15, 0.2) is 0 Å². The Labute approximate surface area is 91.1 Å². The summed E-state index contributed by atoms with van der Waals surface area (Å²) in [5.41, 5.74) is 2.30. The minimum absolute atomic E-state index is 0.378. The fraction of sp³-hybridized carbons (Fsp3) is 0.900. The second-order valence-electron chi connectivity index (χ2n) is 4.91. The highest BCUT2D eigenvalue weighted by molar-refractivity contribution is 5.67. The van der Waals surface area contributed by atoms with Gasteiger partial charge in [-0.15, -0.1) is 0 Å². The Hall–Kier alpha value is -0.810. The van der Waals surface area contributed by atoms with Crippen molar-refractivity contribution in [3.8, 4) is 0 Å². The molecule has 1 rings (SSSR count). The van der Waals surface area contributed by atoms with E-state index in [1.807, 2.05) is 25.8 Å². The van der Waals surface area contributed by atoms with Crippen LogP contribution in [-0.2, 0) is 4.74 Å². The molecule has 1 aliphatic heterocycles. The summed E-state index contributed by atoms with van der Waals surface area (Å²) in [6.45, 7) is 10.1. The molecule has 1 saturated heterocycles. The van der Waals surface area contributed by atoms with Gasteiger partial charge in [-0.2, -0.15) is 0 Å². The average molecular weight is 215 g/mol. The van der Waals surface area contributed by atoms with Crippen LogP contribution in [0.15, 0.2) is 0 Å². The van der Waals surface area contributed by atoms with Gasteiger partial charge in [0.05, 0.1) is 0 Å². The van der Waals surface area contributed by atoms with E-state index in [1.165, 1.54) is 0 Å². The predicted molar refractivity (Wildman–Crippen MR) is 58.4 cm³/mol. The van der Waals surface area contributed by atoms with Crippen molar-refractivity contribution in [3.05, 3.63) is 0 Å². The van der Waals surface area contributed by atoms with Crippen molar-refractivity contribution >= 4 is 6.09 Å². The fourth-order valence-corrected chi connectivity index (χ4v) is 1.46. The molecule has 1 amide bonds. The minimum Gasteiger partial charge on any atom is -0.443 e. The van der Waals surface area contributed by atoms with Crippen LogP contribution in [0.4, 0.5) is 4.79 Å². The van der Waals surface area contributed by atoms with Crippen molar-refractivity contribution in [3.63, 3.8) is 0 Å². The third-order valence-corrected chi connectivity index (χ3v) is 2.02. The largest absolute Gasteiger partial charge is 0.443 e. The van der Waals surface area contributed by atoms with Crippen LogP contribution in [-0.4, -0.2) is 42.4 Å². The van der Waals surface area contributed by atoms with Crippen LogP contribution >= 0.6 is 0 Å².